The molecule has 1 aromatic carbocycles. The summed E-state index contributed by atoms with van der Waals surface area (Å²) in [5, 5.41) is 3.66. The van der Waals surface area contributed by atoms with Crippen molar-refractivity contribution >= 4 is 29.1 Å². The number of anilines is 1. The van der Waals surface area contributed by atoms with Crippen LogP contribution in [-0.2, 0) is 9.59 Å². The zero-order valence-electron chi connectivity index (χ0n) is 12.6. The highest BCUT2D eigenvalue weighted by molar-refractivity contribution is 6.33. The van der Waals surface area contributed by atoms with E-state index in [1.807, 2.05) is 18.2 Å². The molecule has 1 aliphatic heterocycles. The van der Waals surface area contributed by atoms with Crippen LogP contribution in [0.25, 0.3) is 0 Å². The summed E-state index contributed by atoms with van der Waals surface area (Å²) in [7, 11) is 0. The second-order valence-corrected chi connectivity index (χ2v) is 6.61. The number of carbonyl (C=O) groups excluding carboxylic acids is 2. The van der Waals surface area contributed by atoms with Crippen molar-refractivity contribution in [2.75, 3.05) is 11.4 Å². The van der Waals surface area contributed by atoms with Crippen molar-refractivity contribution in [2.45, 2.75) is 44.6 Å². The van der Waals surface area contributed by atoms with Gasteiger partial charge >= 0.3 is 0 Å². The van der Waals surface area contributed by atoms with E-state index in [9.17, 15) is 9.59 Å². The van der Waals surface area contributed by atoms with Crippen molar-refractivity contribution in [3.05, 3.63) is 29.3 Å². The number of hydrogen-bond acceptors (Lipinski definition) is 2. The van der Waals surface area contributed by atoms with Crippen LogP contribution in [0, 0.1) is 5.92 Å². The smallest absolute Gasteiger partial charge is 0.227 e. The van der Waals surface area contributed by atoms with Crippen LogP contribution in [0.3, 0.4) is 0 Å². The van der Waals surface area contributed by atoms with Gasteiger partial charge in [-0.3, -0.25) is 9.59 Å². The Balaban J connectivity index is 1.64. The summed E-state index contributed by atoms with van der Waals surface area (Å²) in [5.74, 6) is -0.294. The number of nitrogens with zero attached hydrogens (tertiary/aromatic N) is 1. The second kappa shape index (κ2) is 6.69. The summed E-state index contributed by atoms with van der Waals surface area (Å²) in [6.07, 6.45) is 6.00. The summed E-state index contributed by atoms with van der Waals surface area (Å²) in [6.45, 7) is 0.418. The number of para-hydroxylation sites is 1. The van der Waals surface area contributed by atoms with E-state index in [-0.39, 0.29) is 30.2 Å². The fraction of sp³-hybridized carbons (Fsp3) is 0.529. The van der Waals surface area contributed by atoms with Gasteiger partial charge in [0.1, 0.15) is 0 Å². The topological polar surface area (TPSA) is 49.4 Å². The lowest BCUT2D eigenvalue weighted by Gasteiger charge is -2.24. The molecule has 2 aliphatic rings. The standard InChI is InChI=1S/C17H21ClN2O2/c18-14-8-4-5-9-15(14)20-11-12(10-16(20)21)17(22)19-13-6-2-1-3-7-13/h4-5,8-9,12-13H,1-3,6-7,10-11H2,(H,19,22). The number of halogens is 1. The maximum absolute atomic E-state index is 12.4. The average Bonchev–Trinajstić information content (AvgIpc) is 2.91. The molecule has 0 radical (unpaired) electrons. The van der Waals surface area contributed by atoms with Gasteiger partial charge in [0.05, 0.1) is 16.6 Å². The molecule has 1 aromatic rings. The zero-order chi connectivity index (χ0) is 15.5. The maximum Gasteiger partial charge on any atom is 0.227 e. The SMILES string of the molecule is O=C(NC1CCCCC1)C1CC(=O)N(c2ccccc2Cl)C1. The van der Waals surface area contributed by atoms with E-state index < -0.39 is 0 Å². The van der Waals surface area contributed by atoms with E-state index in [2.05, 4.69) is 5.32 Å². The van der Waals surface area contributed by atoms with Crippen molar-refractivity contribution in [3.63, 3.8) is 0 Å². The summed E-state index contributed by atoms with van der Waals surface area (Å²) in [5.41, 5.74) is 0.696. The predicted octanol–water partition coefficient (Wildman–Crippen LogP) is 3.14. The summed E-state index contributed by atoms with van der Waals surface area (Å²) >= 11 is 6.16. The van der Waals surface area contributed by atoms with Crippen molar-refractivity contribution in [1.29, 1.82) is 0 Å². The van der Waals surface area contributed by atoms with Crippen LogP contribution in [0.1, 0.15) is 38.5 Å². The molecule has 0 aromatic heterocycles. The van der Waals surface area contributed by atoms with Gasteiger partial charge in [-0.2, -0.15) is 0 Å². The van der Waals surface area contributed by atoms with Crippen LogP contribution in [-0.4, -0.2) is 24.4 Å². The summed E-state index contributed by atoms with van der Waals surface area (Å²) in [4.78, 5) is 26.3. The Morgan fingerprint density at radius 1 is 1.18 bits per heavy atom. The van der Waals surface area contributed by atoms with Gasteiger partial charge < -0.3 is 10.2 Å². The fourth-order valence-corrected chi connectivity index (χ4v) is 3.59. The van der Waals surface area contributed by atoms with Crippen molar-refractivity contribution in [3.8, 4) is 0 Å². The number of nitrogens with one attached hydrogen (secondary N) is 1. The van der Waals surface area contributed by atoms with E-state index in [4.69, 9.17) is 11.6 Å². The lowest BCUT2D eigenvalue weighted by atomic mass is 9.95. The molecular weight excluding hydrogens is 300 g/mol. The molecule has 1 heterocycles. The molecule has 2 fully saturated rings. The third kappa shape index (κ3) is 3.27. The third-order valence-corrected chi connectivity index (χ3v) is 4.91. The molecule has 2 amide bonds. The van der Waals surface area contributed by atoms with Crippen LogP contribution in [0.5, 0.6) is 0 Å². The Morgan fingerprint density at radius 3 is 2.64 bits per heavy atom. The molecule has 1 saturated heterocycles. The van der Waals surface area contributed by atoms with Gasteiger partial charge in [0, 0.05) is 19.0 Å². The van der Waals surface area contributed by atoms with E-state index in [1.165, 1.54) is 19.3 Å². The highest BCUT2D eigenvalue weighted by atomic mass is 35.5. The van der Waals surface area contributed by atoms with Gasteiger partial charge in [0.15, 0.2) is 0 Å². The number of carbonyl (C=O) groups is 2. The second-order valence-electron chi connectivity index (χ2n) is 6.20. The minimum atomic E-state index is -0.273. The first-order chi connectivity index (χ1) is 10.6. The quantitative estimate of drug-likeness (QED) is 0.930. The minimum Gasteiger partial charge on any atom is -0.353 e. The minimum absolute atomic E-state index is 0.00908. The van der Waals surface area contributed by atoms with Crippen LogP contribution in [0.4, 0.5) is 5.69 Å². The number of benzene rings is 1. The molecule has 1 unspecified atom stereocenters. The van der Waals surface area contributed by atoms with Crippen molar-refractivity contribution in [1.82, 2.24) is 5.32 Å². The van der Waals surface area contributed by atoms with Gasteiger partial charge in [0.25, 0.3) is 0 Å². The lowest BCUT2D eigenvalue weighted by Crippen LogP contribution is -2.40. The van der Waals surface area contributed by atoms with E-state index >= 15 is 0 Å². The highest BCUT2D eigenvalue weighted by Crippen LogP contribution is 2.31. The van der Waals surface area contributed by atoms with Crippen LogP contribution < -0.4 is 10.2 Å². The molecule has 1 atom stereocenters. The normalized spacial score (nSPS) is 22.9. The molecule has 5 heteroatoms. The predicted molar refractivity (Wildman–Crippen MR) is 86.9 cm³/mol. The lowest BCUT2D eigenvalue weighted by molar-refractivity contribution is -0.127. The molecule has 1 N–H and O–H groups in total. The largest absolute Gasteiger partial charge is 0.353 e. The Bertz CT molecular complexity index is 570. The van der Waals surface area contributed by atoms with E-state index in [0.29, 0.717) is 17.3 Å². The molecule has 22 heavy (non-hydrogen) atoms. The van der Waals surface area contributed by atoms with Gasteiger partial charge in [0.2, 0.25) is 11.8 Å². The molecule has 0 spiro atoms. The first-order valence-electron chi connectivity index (χ1n) is 8.00. The Labute approximate surface area is 135 Å². The highest BCUT2D eigenvalue weighted by Gasteiger charge is 2.36. The number of hydrogen-bond donors (Lipinski definition) is 1. The summed E-state index contributed by atoms with van der Waals surface area (Å²) < 4.78 is 0. The molecule has 0 bridgehead atoms. The van der Waals surface area contributed by atoms with Gasteiger partial charge in [-0.1, -0.05) is 43.0 Å². The molecule has 3 rings (SSSR count). The van der Waals surface area contributed by atoms with Crippen molar-refractivity contribution < 1.29 is 9.59 Å². The van der Waals surface area contributed by atoms with Crippen LogP contribution in [0.15, 0.2) is 24.3 Å². The molecule has 118 valence electrons. The Kier molecular flexibility index (Phi) is 4.67. The van der Waals surface area contributed by atoms with Crippen molar-refractivity contribution in [2.24, 2.45) is 5.92 Å². The van der Waals surface area contributed by atoms with Crippen LogP contribution >= 0.6 is 11.6 Å². The molecular formula is C17H21ClN2O2. The maximum atomic E-state index is 12.4. The fourth-order valence-electron chi connectivity index (χ4n) is 3.35. The van der Waals surface area contributed by atoms with Crippen LogP contribution in [0.2, 0.25) is 5.02 Å². The Morgan fingerprint density at radius 2 is 1.91 bits per heavy atom. The third-order valence-electron chi connectivity index (χ3n) is 4.59. The molecule has 1 saturated carbocycles. The zero-order valence-corrected chi connectivity index (χ0v) is 13.3. The van der Waals surface area contributed by atoms with E-state index in [0.717, 1.165) is 12.8 Å². The van der Waals surface area contributed by atoms with Gasteiger partial charge in [-0.05, 0) is 25.0 Å². The molecule has 1 aliphatic carbocycles. The monoisotopic (exact) mass is 320 g/mol. The Hall–Kier alpha value is -1.55. The van der Waals surface area contributed by atoms with Gasteiger partial charge in [-0.25, -0.2) is 0 Å². The van der Waals surface area contributed by atoms with Gasteiger partial charge in [-0.15, -0.1) is 0 Å². The summed E-state index contributed by atoms with van der Waals surface area (Å²) in [6, 6.07) is 7.55. The number of amides is 2. The van der Waals surface area contributed by atoms with E-state index in [1.54, 1.807) is 11.0 Å². The average molecular weight is 321 g/mol. The number of rotatable bonds is 3. The molecule has 4 nitrogen and oxygen atoms in total. The first kappa shape index (κ1) is 15.3. The first-order valence-corrected chi connectivity index (χ1v) is 8.38.